The Kier molecular flexibility index (Phi) is 3.68. The van der Waals surface area contributed by atoms with Crippen LogP contribution in [-0.4, -0.2) is 38.6 Å². The van der Waals surface area contributed by atoms with Crippen LogP contribution in [0.3, 0.4) is 0 Å². The van der Waals surface area contributed by atoms with E-state index in [1.807, 2.05) is 47.2 Å². The molecule has 2 N–H and O–H groups in total. The Labute approximate surface area is 156 Å². The van der Waals surface area contributed by atoms with Crippen LogP contribution in [0.25, 0.3) is 10.9 Å². The van der Waals surface area contributed by atoms with Crippen LogP contribution >= 0.6 is 0 Å². The summed E-state index contributed by atoms with van der Waals surface area (Å²) in [6.45, 7) is 2.01. The Hall–Kier alpha value is -2.86. The number of nitrogens with one attached hydrogen (secondary N) is 1. The molecule has 2 aliphatic rings. The maximum absolute atomic E-state index is 12.2. The van der Waals surface area contributed by atoms with Gasteiger partial charge in [-0.25, -0.2) is 0 Å². The average molecular weight is 363 g/mol. The van der Waals surface area contributed by atoms with E-state index in [4.69, 9.17) is 0 Å². The van der Waals surface area contributed by atoms with Gasteiger partial charge in [-0.3, -0.25) is 14.5 Å². The molecular weight excluding hydrogens is 342 g/mol. The zero-order chi connectivity index (χ0) is 18.5. The van der Waals surface area contributed by atoms with Gasteiger partial charge in [0.25, 0.3) is 5.56 Å². The van der Waals surface area contributed by atoms with Gasteiger partial charge in [-0.05, 0) is 24.5 Å². The Morgan fingerprint density at radius 2 is 1.96 bits per heavy atom. The number of rotatable bonds is 3. The van der Waals surface area contributed by atoms with Crippen molar-refractivity contribution in [3.63, 3.8) is 0 Å². The summed E-state index contributed by atoms with van der Waals surface area (Å²) in [6.07, 6.45) is 2.84. The van der Waals surface area contributed by atoms with Crippen LogP contribution < -0.4 is 5.56 Å². The molecule has 0 spiro atoms. The van der Waals surface area contributed by atoms with Crippen molar-refractivity contribution >= 4 is 16.9 Å². The van der Waals surface area contributed by atoms with Crippen molar-refractivity contribution in [2.75, 3.05) is 13.1 Å². The summed E-state index contributed by atoms with van der Waals surface area (Å²) in [6, 6.07) is 12.5. The SMILES string of the molecule is O=C(O)[C@H](c1c[nH]c2ccccc12)N1C[C@H]2C[C@@H](C1)c1cccc(=O)n1C2. The molecule has 0 aliphatic carbocycles. The predicted octanol–water partition coefficient (Wildman–Crippen LogP) is 2.57. The number of para-hydroxylation sites is 1. The minimum atomic E-state index is -0.829. The maximum atomic E-state index is 12.2. The van der Waals surface area contributed by atoms with Gasteiger partial charge in [0.05, 0.1) is 0 Å². The zero-order valence-electron chi connectivity index (χ0n) is 14.8. The topological polar surface area (TPSA) is 78.3 Å². The summed E-state index contributed by atoms with van der Waals surface area (Å²) in [5.41, 5.74) is 2.84. The van der Waals surface area contributed by atoms with Gasteiger partial charge in [-0.15, -0.1) is 0 Å². The number of hydrogen-bond donors (Lipinski definition) is 2. The number of carbonyl (C=O) groups is 1. The fourth-order valence-electron chi connectivity index (χ4n) is 4.95. The Morgan fingerprint density at radius 1 is 1.11 bits per heavy atom. The Bertz CT molecular complexity index is 1080. The number of likely N-dealkylation sites (tertiary alicyclic amines) is 1. The number of carboxylic acid groups (broad SMARTS) is 1. The van der Waals surface area contributed by atoms with E-state index in [-0.39, 0.29) is 11.5 Å². The molecule has 0 unspecified atom stereocenters. The number of carboxylic acids is 1. The summed E-state index contributed by atoms with van der Waals surface area (Å²) < 4.78 is 1.87. The number of aromatic nitrogens is 2. The predicted molar refractivity (Wildman–Crippen MR) is 102 cm³/mol. The maximum Gasteiger partial charge on any atom is 0.325 e. The number of pyridine rings is 1. The molecule has 138 valence electrons. The Morgan fingerprint density at radius 3 is 2.81 bits per heavy atom. The van der Waals surface area contributed by atoms with Crippen molar-refractivity contribution in [2.45, 2.75) is 24.9 Å². The van der Waals surface area contributed by atoms with E-state index < -0.39 is 12.0 Å². The fraction of sp³-hybridized carbons (Fsp3) is 0.333. The quantitative estimate of drug-likeness (QED) is 0.750. The molecule has 1 fully saturated rings. The second-order valence-corrected chi connectivity index (χ2v) is 7.68. The van der Waals surface area contributed by atoms with Crippen molar-refractivity contribution in [3.8, 4) is 0 Å². The third-order valence-electron chi connectivity index (χ3n) is 6.02. The van der Waals surface area contributed by atoms with Crippen molar-refractivity contribution < 1.29 is 9.90 Å². The minimum Gasteiger partial charge on any atom is -0.480 e. The highest BCUT2D eigenvalue weighted by Gasteiger charge is 2.40. The van der Waals surface area contributed by atoms with Crippen molar-refractivity contribution in [1.29, 1.82) is 0 Å². The largest absolute Gasteiger partial charge is 0.480 e. The number of aromatic amines is 1. The standard InChI is InChI=1S/C21H21N3O3/c25-19-7-3-6-18-14-8-13(11-24(18)19)10-23(12-14)20(21(26)27)16-9-22-17-5-2-1-4-15(16)17/h1-7,9,13-14,20,22H,8,10-12H2,(H,26,27)/t13-,14+,20+/m1/s1. The van der Waals surface area contributed by atoms with Gasteiger partial charge in [0.1, 0.15) is 6.04 Å². The molecule has 2 aromatic heterocycles. The van der Waals surface area contributed by atoms with Crippen LogP contribution in [-0.2, 0) is 11.3 Å². The van der Waals surface area contributed by atoms with Crippen molar-refractivity contribution in [2.24, 2.45) is 5.92 Å². The first kappa shape index (κ1) is 16.3. The zero-order valence-corrected chi connectivity index (χ0v) is 14.8. The van der Waals surface area contributed by atoms with Crippen LogP contribution in [0.1, 0.15) is 29.6 Å². The first-order valence-corrected chi connectivity index (χ1v) is 9.34. The van der Waals surface area contributed by atoms with Crippen LogP contribution in [0, 0.1) is 5.92 Å². The molecule has 1 aromatic carbocycles. The third kappa shape index (κ3) is 2.59. The number of fused-ring (bicyclic) bond motifs is 5. The smallest absolute Gasteiger partial charge is 0.325 e. The van der Waals surface area contributed by atoms with Crippen LogP contribution in [0.4, 0.5) is 0 Å². The second kappa shape index (κ2) is 6.09. The number of aliphatic carboxylic acids is 1. The molecule has 6 heteroatoms. The van der Waals surface area contributed by atoms with E-state index in [9.17, 15) is 14.7 Å². The first-order chi connectivity index (χ1) is 13.1. The lowest BCUT2D eigenvalue weighted by Gasteiger charge is -2.44. The van der Waals surface area contributed by atoms with Crippen molar-refractivity contribution in [3.05, 3.63) is 70.3 Å². The molecule has 3 atom stereocenters. The fourth-order valence-corrected chi connectivity index (χ4v) is 4.95. The van der Waals surface area contributed by atoms with Gasteiger partial charge in [-0.1, -0.05) is 24.3 Å². The highest BCUT2D eigenvalue weighted by molar-refractivity contribution is 5.89. The van der Waals surface area contributed by atoms with Crippen molar-refractivity contribution in [1.82, 2.24) is 14.5 Å². The highest BCUT2D eigenvalue weighted by atomic mass is 16.4. The summed E-state index contributed by atoms with van der Waals surface area (Å²) >= 11 is 0. The van der Waals surface area contributed by atoms with E-state index in [0.717, 1.165) is 28.6 Å². The van der Waals surface area contributed by atoms with Crippen LogP contribution in [0.2, 0.25) is 0 Å². The minimum absolute atomic E-state index is 0.0436. The molecule has 1 saturated heterocycles. The number of nitrogens with zero attached hydrogens (tertiary/aromatic N) is 2. The molecule has 2 aliphatic heterocycles. The number of piperidine rings is 1. The normalized spacial score (nSPS) is 23.1. The number of hydrogen-bond acceptors (Lipinski definition) is 3. The van der Waals surface area contributed by atoms with E-state index in [1.165, 1.54) is 0 Å². The summed E-state index contributed by atoms with van der Waals surface area (Å²) in [5.74, 6) is -0.341. The lowest BCUT2D eigenvalue weighted by molar-refractivity contribution is -0.144. The molecule has 6 nitrogen and oxygen atoms in total. The molecule has 2 bridgehead atoms. The lowest BCUT2D eigenvalue weighted by Crippen LogP contribution is -2.49. The second-order valence-electron chi connectivity index (χ2n) is 7.68. The molecule has 0 radical (unpaired) electrons. The molecule has 0 saturated carbocycles. The summed E-state index contributed by atoms with van der Waals surface area (Å²) in [5, 5.41) is 11.0. The van der Waals surface area contributed by atoms with Crippen LogP contribution in [0.15, 0.2) is 53.5 Å². The first-order valence-electron chi connectivity index (χ1n) is 9.34. The summed E-state index contributed by atoms with van der Waals surface area (Å²) in [7, 11) is 0. The average Bonchev–Trinajstić information content (AvgIpc) is 3.06. The lowest BCUT2D eigenvalue weighted by atomic mass is 9.82. The van der Waals surface area contributed by atoms with E-state index in [1.54, 1.807) is 6.07 Å². The monoisotopic (exact) mass is 363 g/mol. The highest BCUT2D eigenvalue weighted by Crippen LogP contribution is 2.39. The van der Waals surface area contributed by atoms with Gasteiger partial charge in [0.2, 0.25) is 0 Å². The van der Waals surface area contributed by atoms with Gasteiger partial charge in [0.15, 0.2) is 0 Å². The molecule has 0 amide bonds. The molecule has 3 aromatic rings. The summed E-state index contributed by atoms with van der Waals surface area (Å²) in [4.78, 5) is 29.7. The van der Waals surface area contributed by atoms with E-state index >= 15 is 0 Å². The van der Waals surface area contributed by atoms with Gasteiger partial charge in [0, 0.05) is 60.0 Å². The van der Waals surface area contributed by atoms with Gasteiger partial charge >= 0.3 is 5.97 Å². The van der Waals surface area contributed by atoms with Crippen LogP contribution in [0.5, 0.6) is 0 Å². The number of H-pyrrole nitrogens is 1. The number of benzene rings is 1. The molecular formula is C21H21N3O3. The molecule has 5 rings (SSSR count). The molecule has 4 heterocycles. The van der Waals surface area contributed by atoms with E-state index in [2.05, 4.69) is 9.88 Å². The van der Waals surface area contributed by atoms with Gasteiger partial charge < -0.3 is 14.7 Å². The van der Waals surface area contributed by atoms with E-state index in [0.29, 0.717) is 25.6 Å². The van der Waals surface area contributed by atoms with Gasteiger partial charge in [-0.2, -0.15) is 0 Å². The molecule has 27 heavy (non-hydrogen) atoms. The Balaban J connectivity index is 1.54. The third-order valence-corrected chi connectivity index (χ3v) is 6.02.